The Kier molecular flexibility index (Phi) is 7.39. The lowest BCUT2D eigenvalue weighted by atomic mass is 10.0. The second-order valence-electron chi connectivity index (χ2n) is 7.26. The smallest absolute Gasteiger partial charge is 0.331 e. The number of ether oxygens (including phenoxy) is 2. The van der Waals surface area contributed by atoms with Crippen LogP contribution in [0.4, 0.5) is 0 Å². The molecule has 0 radical (unpaired) electrons. The van der Waals surface area contributed by atoms with Gasteiger partial charge in [-0.25, -0.2) is 4.79 Å². The third-order valence-corrected chi connectivity index (χ3v) is 4.59. The molecule has 0 saturated heterocycles. The van der Waals surface area contributed by atoms with E-state index in [-0.39, 0.29) is 12.1 Å². The largest absolute Gasteiger partial charge is 0.497 e. The first-order valence-corrected chi connectivity index (χ1v) is 10.1. The first-order chi connectivity index (χ1) is 14.6. The number of carbonyl (C=O) groups is 1. The van der Waals surface area contributed by atoms with Gasteiger partial charge in [-0.2, -0.15) is 0 Å². The van der Waals surface area contributed by atoms with Gasteiger partial charge in [-0.3, -0.25) is 4.99 Å². The van der Waals surface area contributed by atoms with Crippen molar-refractivity contribution < 1.29 is 14.3 Å². The molecule has 1 atom stereocenters. The monoisotopic (exact) mass is 401 g/mol. The molecule has 0 bridgehead atoms. The van der Waals surface area contributed by atoms with Gasteiger partial charge in [0.2, 0.25) is 0 Å². The van der Waals surface area contributed by atoms with E-state index < -0.39 is 6.04 Å². The summed E-state index contributed by atoms with van der Waals surface area (Å²) in [5.41, 5.74) is 3.68. The number of carbonyl (C=O) groups excluding carboxylic acids is 1. The van der Waals surface area contributed by atoms with Crippen LogP contribution in [0, 0.1) is 0 Å². The quantitative estimate of drug-likeness (QED) is 0.390. The van der Waals surface area contributed by atoms with Gasteiger partial charge in [0.05, 0.1) is 18.9 Å². The number of nitrogens with zero attached hydrogens (tertiary/aromatic N) is 1. The minimum atomic E-state index is -0.656. The molecule has 154 valence electrons. The van der Waals surface area contributed by atoms with Crippen LogP contribution in [0.5, 0.6) is 5.75 Å². The first kappa shape index (κ1) is 21.3. The average Bonchev–Trinajstić information content (AvgIpc) is 2.77. The number of aliphatic imine (C=N–C) groups is 1. The van der Waals surface area contributed by atoms with Gasteiger partial charge in [-0.15, -0.1) is 0 Å². The van der Waals surface area contributed by atoms with Crippen LogP contribution in [0.2, 0.25) is 0 Å². The SMILES string of the molecule is COc1ccc(C[C@H](N=C(c2ccccc2)c2ccccc2)C(=O)OC(C)C)cc1. The van der Waals surface area contributed by atoms with Crippen molar-refractivity contribution in [3.05, 3.63) is 102 Å². The Balaban J connectivity index is 2.02. The van der Waals surface area contributed by atoms with Crippen molar-refractivity contribution in [1.29, 1.82) is 0 Å². The molecule has 0 spiro atoms. The van der Waals surface area contributed by atoms with Crippen molar-refractivity contribution in [2.75, 3.05) is 7.11 Å². The van der Waals surface area contributed by atoms with Crippen molar-refractivity contribution in [2.24, 2.45) is 4.99 Å². The molecule has 0 amide bonds. The minimum Gasteiger partial charge on any atom is -0.497 e. The molecule has 3 rings (SSSR count). The van der Waals surface area contributed by atoms with Crippen LogP contribution in [-0.4, -0.2) is 30.9 Å². The van der Waals surface area contributed by atoms with Crippen molar-refractivity contribution in [1.82, 2.24) is 0 Å². The normalized spacial score (nSPS) is 11.6. The summed E-state index contributed by atoms with van der Waals surface area (Å²) in [6, 6.07) is 26.9. The topological polar surface area (TPSA) is 47.9 Å². The van der Waals surface area contributed by atoms with Crippen LogP contribution in [0.15, 0.2) is 89.9 Å². The Morgan fingerprint density at radius 1 is 0.833 bits per heavy atom. The van der Waals surface area contributed by atoms with Crippen molar-refractivity contribution in [3.8, 4) is 5.75 Å². The third kappa shape index (κ3) is 5.80. The highest BCUT2D eigenvalue weighted by Gasteiger charge is 2.23. The Morgan fingerprint density at radius 2 is 1.37 bits per heavy atom. The molecule has 0 aliphatic heterocycles. The number of benzene rings is 3. The minimum absolute atomic E-state index is 0.206. The Hall–Kier alpha value is -3.40. The molecule has 30 heavy (non-hydrogen) atoms. The third-order valence-electron chi connectivity index (χ3n) is 4.59. The standard InChI is InChI=1S/C26H27NO3/c1-19(2)30-26(28)24(18-20-14-16-23(29-3)17-15-20)27-25(21-10-6-4-7-11-21)22-12-8-5-9-13-22/h4-17,19,24H,18H2,1-3H3/t24-/m0/s1. The summed E-state index contributed by atoms with van der Waals surface area (Å²) in [6.07, 6.45) is 0.238. The summed E-state index contributed by atoms with van der Waals surface area (Å²) in [6.45, 7) is 3.70. The maximum absolute atomic E-state index is 12.9. The second-order valence-corrected chi connectivity index (χ2v) is 7.26. The Morgan fingerprint density at radius 3 is 1.83 bits per heavy atom. The van der Waals surface area contributed by atoms with E-state index in [4.69, 9.17) is 14.5 Å². The number of hydrogen-bond acceptors (Lipinski definition) is 4. The van der Waals surface area contributed by atoms with Crippen LogP contribution in [0.25, 0.3) is 0 Å². The lowest BCUT2D eigenvalue weighted by molar-refractivity contribution is -0.148. The molecular weight excluding hydrogens is 374 g/mol. The average molecular weight is 402 g/mol. The highest BCUT2D eigenvalue weighted by Crippen LogP contribution is 2.18. The first-order valence-electron chi connectivity index (χ1n) is 10.1. The van der Waals surface area contributed by atoms with Gasteiger partial charge < -0.3 is 9.47 Å². The summed E-state index contributed by atoms with van der Waals surface area (Å²) in [7, 11) is 1.63. The molecule has 0 aliphatic carbocycles. The fraction of sp³-hybridized carbons (Fsp3) is 0.231. The number of rotatable bonds is 8. The van der Waals surface area contributed by atoms with E-state index in [0.717, 1.165) is 28.2 Å². The predicted molar refractivity (Wildman–Crippen MR) is 120 cm³/mol. The van der Waals surface area contributed by atoms with Crippen molar-refractivity contribution in [2.45, 2.75) is 32.4 Å². The second kappa shape index (κ2) is 10.4. The molecule has 0 aliphatic rings. The fourth-order valence-corrected chi connectivity index (χ4v) is 3.14. The molecule has 0 heterocycles. The van der Waals surface area contributed by atoms with E-state index in [9.17, 15) is 4.79 Å². The van der Waals surface area contributed by atoms with Gasteiger partial charge in [0.1, 0.15) is 5.75 Å². The van der Waals surface area contributed by atoms with Crippen molar-refractivity contribution in [3.63, 3.8) is 0 Å². The number of esters is 1. The number of hydrogen-bond donors (Lipinski definition) is 0. The van der Waals surface area contributed by atoms with Gasteiger partial charge in [0, 0.05) is 17.5 Å². The summed E-state index contributed by atoms with van der Waals surface area (Å²) in [5, 5.41) is 0. The Labute approximate surface area is 178 Å². The van der Waals surface area contributed by atoms with Crippen molar-refractivity contribution >= 4 is 11.7 Å². The zero-order valence-electron chi connectivity index (χ0n) is 17.6. The van der Waals surface area contributed by atoms with E-state index in [1.165, 1.54) is 0 Å². The van der Waals surface area contributed by atoms with Crippen LogP contribution in [0.1, 0.15) is 30.5 Å². The Bertz CT molecular complexity index is 923. The summed E-state index contributed by atoms with van der Waals surface area (Å²) in [5.74, 6) is 0.447. The molecule has 3 aromatic rings. The highest BCUT2D eigenvalue weighted by atomic mass is 16.5. The molecular formula is C26H27NO3. The zero-order valence-corrected chi connectivity index (χ0v) is 17.6. The molecule has 0 unspecified atom stereocenters. The van der Waals surface area contributed by atoms with E-state index in [2.05, 4.69) is 0 Å². The molecule has 0 saturated carbocycles. The zero-order chi connectivity index (χ0) is 21.3. The van der Waals surface area contributed by atoms with Gasteiger partial charge >= 0.3 is 5.97 Å². The van der Waals surface area contributed by atoms with Gasteiger partial charge in [-0.05, 0) is 31.5 Å². The lowest BCUT2D eigenvalue weighted by Crippen LogP contribution is -2.28. The van der Waals surface area contributed by atoms with E-state index in [1.807, 2.05) is 98.8 Å². The molecule has 0 fully saturated rings. The van der Waals surface area contributed by atoms with E-state index in [1.54, 1.807) is 7.11 Å². The maximum atomic E-state index is 12.9. The summed E-state index contributed by atoms with van der Waals surface area (Å²) >= 11 is 0. The van der Waals surface area contributed by atoms with Crippen LogP contribution in [0.3, 0.4) is 0 Å². The molecule has 0 N–H and O–H groups in total. The van der Waals surface area contributed by atoms with Crippen LogP contribution >= 0.6 is 0 Å². The molecule has 0 aromatic heterocycles. The molecule has 3 aromatic carbocycles. The van der Waals surface area contributed by atoms with E-state index >= 15 is 0 Å². The summed E-state index contributed by atoms with van der Waals surface area (Å²) in [4.78, 5) is 17.8. The number of methoxy groups -OCH3 is 1. The van der Waals surface area contributed by atoms with Gasteiger partial charge in [0.15, 0.2) is 6.04 Å². The fourth-order valence-electron chi connectivity index (χ4n) is 3.14. The molecule has 4 nitrogen and oxygen atoms in total. The van der Waals surface area contributed by atoms with Crippen LogP contribution < -0.4 is 4.74 Å². The summed E-state index contributed by atoms with van der Waals surface area (Å²) < 4.78 is 10.8. The highest BCUT2D eigenvalue weighted by molar-refractivity contribution is 6.13. The molecule has 4 heteroatoms. The van der Waals surface area contributed by atoms with Gasteiger partial charge in [-0.1, -0.05) is 72.8 Å². The predicted octanol–water partition coefficient (Wildman–Crippen LogP) is 5.10. The lowest BCUT2D eigenvalue weighted by Gasteiger charge is -2.17. The maximum Gasteiger partial charge on any atom is 0.331 e. The van der Waals surface area contributed by atoms with E-state index in [0.29, 0.717) is 6.42 Å². The van der Waals surface area contributed by atoms with Gasteiger partial charge in [0.25, 0.3) is 0 Å². The van der Waals surface area contributed by atoms with Crippen LogP contribution in [-0.2, 0) is 16.0 Å².